The van der Waals surface area contributed by atoms with Crippen LogP contribution in [0.4, 0.5) is 0 Å². The van der Waals surface area contributed by atoms with Crippen molar-refractivity contribution in [1.82, 2.24) is 0 Å². The van der Waals surface area contributed by atoms with Gasteiger partial charge in [-0.2, -0.15) is 5.26 Å². The first-order valence-electron chi connectivity index (χ1n) is 1.40. The lowest BCUT2D eigenvalue weighted by Crippen LogP contribution is -1.68. The molecule has 0 radical (unpaired) electrons. The average Bonchev–Trinajstić information content (AvgIpc) is 1.65. The Morgan fingerprint density at radius 2 is 2.50 bits per heavy atom. The molecule has 0 aromatic carbocycles. The zero-order chi connectivity index (χ0) is 4.99. The van der Waals surface area contributed by atoms with Crippen LogP contribution in [0, 0.1) is 16.7 Å². The van der Waals surface area contributed by atoms with Gasteiger partial charge in [-0.25, -0.2) is 0 Å². The highest BCUT2D eigenvalue weighted by Gasteiger charge is 1.73. The molecule has 0 saturated heterocycles. The van der Waals surface area contributed by atoms with Crippen LogP contribution in [0.15, 0.2) is 12.2 Å². The van der Waals surface area contributed by atoms with Crippen molar-refractivity contribution in [3.8, 4) is 6.07 Å². The molecule has 0 aromatic rings. The molecule has 0 fully saturated rings. The van der Waals surface area contributed by atoms with Gasteiger partial charge >= 0.3 is 0 Å². The minimum atomic E-state index is 0.190. The first-order chi connectivity index (χ1) is 2.81. The minimum Gasteiger partial charge on any atom is -0.307 e. The quantitative estimate of drug-likeness (QED) is 0.366. The van der Waals surface area contributed by atoms with Crippen LogP contribution in [0.25, 0.3) is 0 Å². The van der Waals surface area contributed by atoms with Crippen molar-refractivity contribution in [2.24, 2.45) is 0 Å². The van der Waals surface area contributed by atoms with Crippen LogP contribution in [0.2, 0.25) is 0 Å². The summed E-state index contributed by atoms with van der Waals surface area (Å²) in [5.74, 6) is 0. The number of nitrogens with zero attached hydrogens (tertiary/aromatic N) is 1. The van der Waals surface area contributed by atoms with Crippen molar-refractivity contribution in [1.29, 1.82) is 10.7 Å². The highest BCUT2D eigenvalue weighted by atomic mass is 14.3. The summed E-state index contributed by atoms with van der Waals surface area (Å²) >= 11 is 0. The zero-order valence-electron chi connectivity index (χ0n) is 3.23. The third-order valence-corrected chi connectivity index (χ3v) is 0.318. The van der Waals surface area contributed by atoms with Gasteiger partial charge in [-0.1, -0.05) is 6.58 Å². The Labute approximate surface area is 36.2 Å². The molecule has 0 heterocycles. The molecular formula is C4H4N2. The Hall–Kier alpha value is -1.10. The molecule has 0 aliphatic rings. The Bertz CT molecular complexity index is 107. The van der Waals surface area contributed by atoms with Crippen LogP contribution >= 0.6 is 0 Å². The first kappa shape index (κ1) is 4.90. The van der Waals surface area contributed by atoms with E-state index in [0.717, 1.165) is 6.21 Å². The van der Waals surface area contributed by atoms with E-state index < -0.39 is 0 Å². The number of nitriles is 1. The molecule has 0 aliphatic carbocycles. The van der Waals surface area contributed by atoms with Gasteiger partial charge < -0.3 is 5.41 Å². The number of nitrogens with one attached hydrogen (secondary N) is 1. The maximum Gasteiger partial charge on any atom is 0.100 e. The summed E-state index contributed by atoms with van der Waals surface area (Å²) in [5, 5.41) is 14.2. The van der Waals surface area contributed by atoms with Crippen LogP contribution in [-0.4, -0.2) is 6.21 Å². The summed E-state index contributed by atoms with van der Waals surface area (Å²) in [6.07, 6.45) is 0.917. The van der Waals surface area contributed by atoms with E-state index in [9.17, 15) is 0 Å². The standard InChI is InChI=1S/C4H4N2/c1-4(2-5)3-6/h2,5H,1H2. The highest BCUT2D eigenvalue weighted by Crippen LogP contribution is 1.72. The van der Waals surface area contributed by atoms with Gasteiger partial charge in [0.25, 0.3) is 0 Å². The average molecular weight is 80.1 g/mol. The van der Waals surface area contributed by atoms with Crippen molar-refractivity contribution in [3.63, 3.8) is 0 Å². The van der Waals surface area contributed by atoms with Gasteiger partial charge in [0.1, 0.15) is 6.07 Å². The monoisotopic (exact) mass is 80.0 g/mol. The van der Waals surface area contributed by atoms with Crippen LogP contribution in [0.3, 0.4) is 0 Å². The van der Waals surface area contributed by atoms with Gasteiger partial charge in [-0.15, -0.1) is 0 Å². The zero-order valence-corrected chi connectivity index (χ0v) is 3.23. The molecule has 1 N–H and O–H groups in total. The molecule has 0 rings (SSSR count). The molecule has 0 aromatic heterocycles. The second-order valence-electron chi connectivity index (χ2n) is 0.781. The van der Waals surface area contributed by atoms with E-state index in [1.807, 2.05) is 0 Å². The SMILES string of the molecule is C=C(C#N)C=N. The largest absolute Gasteiger partial charge is 0.307 e. The van der Waals surface area contributed by atoms with Gasteiger partial charge in [0.05, 0.1) is 5.57 Å². The fourth-order valence-electron chi connectivity index (χ4n) is 0.0323. The van der Waals surface area contributed by atoms with Gasteiger partial charge in [-0.05, 0) is 0 Å². The molecule has 0 amide bonds. The van der Waals surface area contributed by atoms with E-state index in [-0.39, 0.29) is 5.57 Å². The van der Waals surface area contributed by atoms with E-state index in [4.69, 9.17) is 10.7 Å². The predicted octanol–water partition coefficient (Wildman–Crippen LogP) is 0.716. The van der Waals surface area contributed by atoms with Gasteiger partial charge in [0.15, 0.2) is 0 Å². The number of hydrogen-bond donors (Lipinski definition) is 1. The second kappa shape index (κ2) is 2.16. The molecule has 0 aliphatic heterocycles. The predicted molar refractivity (Wildman–Crippen MR) is 23.5 cm³/mol. The van der Waals surface area contributed by atoms with Crippen molar-refractivity contribution in [2.75, 3.05) is 0 Å². The van der Waals surface area contributed by atoms with Gasteiger partial charge in [0.2, 0.25) is 0 Å². The molecule has 0 spiro atoms. The molecule has 2 heteroatoms. The van der Waals surface area contributed by atoms with Crippen molar-refractivity contribution >= 4 is 6.21 Å². The molecule has 0 atom stereocenters. The van der Waals surface area contributed by atoms with Crippen LogP contribution in [0.1, 0.15) is 0 Å². The van der Waals surface area contributed by atoms with Crippen molar-refractivity contribution in [3.05, 3.63) is 12.2 Å². The molecule has 0 unspecified atom stereocenters. The van der Waals surface area contributed by atoms with Crippen LogP contribution < -0.4 is 0 Å². The summed E-state index contributed by atoms with van der Waals surface area (Å²) in [7, 11) is 0. The van der Waals surface area contributed by atoms with E-state index in [2.05, 4.69) is 6.58 Å². The van der Waals surface area contributed by atoms with Crippen molar-refractivity contribution in [2.45, 2.75) is 0 Å². The molecular weight excluding hydrogens is 76.1 g/mol. The Morgan fingerprint density at radius 3 is 2.50 bits per heavy atom. The van der Waals surface area contributed by atoms with E-state index in [0.29, 0.717) is 0 Å². The smallest absolute Gasteiger partial charge is 0.100 e. The second-order valence-corrected chi connectivity index (χ2v) is 0.781. The number of allylic oxidation sites excluding steroid dienone is 1. The number of rotatable bonds is 1. The number of hydrogen-bond acceptors (Lipinski definition) is 2. The van der Waals surface area contributed by atoms with Crippen LogP contribution in [-0.2, 0) is 0 Å². The third-order valence-electron chi connectivity index (χ3n) is 0.318. The minimum absolute atomic E-state index is 0.190. The molecule has 30 valence electrons. The normalized spacial score (nSPS) is 5.83. The lowest BCUT2D eigenvalue weighted by molar-refractivity contribution is 1.50. The van der Waals surface area contributed by atoms with Gasteiger partial charge in [-0.3, -0.25) is 0 Å². The first-order valence-corrected chi connectivity index (χ1v) is 1.40. The third kappa shape index (κ3) is 1.24. The van der Waals surface area contributed by atoms with E-state index in [1.165, 1.54) is 0 Å². The summed E-state index contributed by atoms with van der Waals surface area (Å²) in [6.45, 7) is 3.19. The summed E-state index contributed by atoms with van der Waals surface area (Å²) in [4.78, 5) is 0. The van der Waals surface area contributed by atoms with Crippen molar-refractivity contribution < 1.29 is 0 Å². The summed E-state index contributed by atoms with van der Waals surface area (Å²) < 4.78 is 0. The summed E-state index contributed by atoms with van der Waals surface area (Å²) in [6, 6.07) is 1.68. The summed E-state index contributed by atoms with van der Waals surface area (Å²) in [5.41, 5.74) is 0.190. The van der Waals surface area contributed by atoms with E-state index >= 15 is 0 Å². The Balaban J connectivity index is 3.63. The molecule has 6 heavy (non-hydrogen) atoms. The maximum absolute atomic E-state index is 7.83. The lowest BCUT2D eigenvalue weighted by atomic mass is 10.4. The Kier molecular flexibility index (Phi) is 1.76. The van der Waals surface area contributed by atoms with Gasteiger partial charge in [0, 0.05) is 6.21 Å². The topological polar surface area (TPSA) is 47.6 Å². The fourth-order valence-corrected chi connectivity index (χ4v) is 0.0323. The van der Waals surface area contributed by atoms with Crippen LogP contribution in [0.5, 0.6) is 0 Å². The Morgan fingerprint density at radius 1 is 2.00 bits per heavy atom. The fraction of sp³-hybridized carbons (Fsp3) is 0. The maximum atomic E-state index is 7.83. The lowest BCUT2D eigenvalue weighted by Gasteiger charge is -1.66. The highest BCUT2D eigenvalue weighted by molar-refractivity contribution is 5.79. The molecule has 0 bridgehead atoms. The molecule has 0 saturated carbocycles. The van der Waals surface area contributed by atoms with E-state index in [1.54, 1.807) is 6.07 Å². The molecule has 2 nitrogen and oxygen atoms in total.